The van der Waals surface area contributed by atoms with E-state index in [1.54, 1.807) is 0 Å². The number of hydrogen-bond acceptors (Lipinski definition) is 5. The molecule has 4 saturated heterocycles. The molecular weight excluding hydrogens is 272 g/mol. The minimum absolute atomic E-state index is 0.0119. The summed E-state index contributed by atoms with van der Waals surface area (Å²) in [7, 11) is 0. The molecule has 0 N–H and O–H groups in total. The average molecular weight is 290 g/mol. The average Bonchev–Trinajstić information content (AvgIpc) is 3.23. The Morgan fingerprint density at radius 1 is 1.14 bits per heavy atom. The molecule has 21 heavy (non-hydrogen) atoms. The first-order valence-electron chi connectivity index (χ1n) is 7.88. The van der Waals surface area contributed by atoms with Crippen molar-refractivity contribution in [2.45, 2.75) is 50.1 Å². The van der Waals surface area contributed by atoms with Gasteiger partial charge < -0.3 is 14.2 Å². The molecule has 0 aromatic heterocycles. The van der Waals surface area contributed by atoms with Gasteiger partial charge in [-0.1, -0.05) is 26.0 Å². The second-order valence-corrected chi connectivity index (χ2v) is 6.94. The molecule has 112 valence electrons. The molecule has 0 amide bonds. The summed E-state index contributed by atoms with van der Waals surface area (Å²) in [6.07, 6.45) is 5.60. The van der Waals surface area contributed by atoms with Gasteiger partial charge in [-0.05, 0) is 12.8 Å². The maximum absolute atomic E-state index is 12.2. The molecule has 8 unspecified atom stereocenters. The van der Waals surface area contributed by atoms with Crippen LogP contribution in [0.1, 0.15) is 26.7 Å². The summed E-state index contributed by atoms with van der Waals surface area (Å²) in [5, 5.41) is 0. The first kappa shape index (κ1) is 12.4. The second kappa shape index (κ2) is 3.41. The minimum Gasteiger partial charge on any atom is -0.393 e. The van der Waals surface area contributed by atoms with Crippen molar-refractivity contribution in [1.82, 2.24) is 0 Å². The van der Waals surface area contributed by atoms with Crippen LogP contribution in [0.25, 0.3) is 0 Å². The van der Waals surface area contributed by atoms with Crippen LogP contribution in [0.15, 0.2) is 12.2 Å². The van der Waals surface area contributed by atoms with Gasteiger partial charge in [0.1, 0.15) is 11.8 Å². The molecule has 4 fully saturated rings. The third-order valence-electron chi connectivity index (χ3n) is 6.55. The molecule has 0 saturated carbocycles. The molecule has 0 aliphatic carbocycles. The number of carbonyl (C=O) groups excluding carboxylic acids is 2. The van der Waals surface area contributed by atoms with Crippen molar-refractivity contribution in [2.75, 3.05) is 0 Å². The second-order valence-electron chi connectivity index (χ2n) is 6.94. The highest BCUT2D eigenvalue weighted by Crippen LogP contribution is 2.70. The SMILES string of the molecule is CCC12C=CC(O1)C1C3OC(CC)(C4C(=O)OC(=O)C34)C12. The van der Waals surface area contributed by atoms with Crippen LogP contribution in [0.4, 0.5) is 0 Å². The lowest BCUT2D eigenvalue weighted by molar-refractivity contribution is -0.163. The fourth-order valence-corrected chi connectivity index (χ4v) is 5.87. The smallest absolute Gasteiger partial charge is 0.320 e. The first-order valence-corrected chi connectivity index (χ1v) is 7.88. The lowest BCUT2D eigenvalue weighted by atomic mass is 9.55. The molecule has 0 aromatic rings. The summed E-state index contributed by atoms with van der Waals surface area (Å²) in [4.78, 5) is 24.3. The molecule has 0 radical (unpaired) electrons. The third-order valence-corrected chi connectivity index (χ3v) is 6.55. The Hall–Kier alpha value is -1.20. The van der Waals surface area contributed by atoms with E-state index in [0.717, 1.165) is 6.42 Å². The number of rotatable bonds is 2. The van der Waals surface area contributed by atoms with Crippen molar-refractivity contribution < 1.29 is 23.8 Å². The predicted molar refractivity (Wildman–Crippen MR) is 70.0 cm³/mol. The Kier molecular flexibility index (Phi) is 2.01. The molecule has 5 aliphatic heterocycles. The number of hydrogen-bond donors (Lipinski definition) is 0. The van der Waals surface area contributed by atoms with E-state index in [4.69, 9.17) is 14.2 Å². The van der Waals surface area contributed by atoms with Crippen molar-refractivity contribution in [3.05, 3.63) is 12.2 Å². The van der Waals surface area contributed by atoms with Crippen LogP contribution in [0, 0.1) is 23.7 Å². The Bertz CT molecular complexity index is 597. The van der Waals surface area contributed by atoms with Crippen LogP contribution in [-0.4, -0.2) is 35.3 Å². The number of fused-ring (bicyclic) bond motifs is 12. The van der Waals surface area contributed by atoms with E-state index >= 15 is 0 Å². The summed E-state index contributed by atoms with van der Waals surface area (Å²) in [6, 6.07) is 0. The summed E-state index contributed by atoms with van der Waals surface area (Å²) < 4.78 is 17.6. The monoisotopic (exact) mass is 290 g/mol. The van der Waals surface area contributed by atoms with Gasteiger partial charge in [-0.25, -0.2) is 0 Å². The van der Waals surface area contributed by atoms with E-state index in [2.05, 4.69) is 19.1 Å². The van der Waals surface area contributed by atoms with Crippen molar-refractivity contribution >= 4 is 11.9 Å². The zero-order chi connectivity index (χ0) is 14.6. The van der Waals surface area contributed by atoms with Gasteiger partial charge in [0.05, 0.1) is 23.4 Å². The van der Waals surface area contributed by atoms with Crippen LogP contribution < -0.4 is 0 Å². The van der Waals surface area contributed by atoms with Gasteiger partial charge >= 0.3 is 11.9 Å². The van der Waals surface area contributed by atoms with Gasteiger partial charge in [0.25, 0.3) is 0 Å². The molecule has 5 heteroatoms. The molecule has 5 heterocycles. The molecule has 0 spiro atoms. The van der Waals surface area contributed by atoms with Gasteiger partial charge in [0.15, 0.2) is 0 Å². The Morgan fingerprint density at radius 2 is 1.95 bits per heavy atom. The standard InChI is InChI=1S/C16H18O5/c1-3-15-6-5-7(20-15)8-11-9-10(14(18)19-13(9)17)16(4-2,21-11)12(8)15/h5-12H,3-4H2,1-2H3. The fourth-order valence-electron chi connectivity index (χ4n) is 5.87. The predicted octanol–water partition coefficient (Wildman–Crippen LogP) is 1.21. The summed E-state index contributed by atoms with van der Waals surface area (Å²) in [5.41, 5.74) is -0.935. The molecule has 5 rings (SSSR count). The number of cyclic esters (lactones) is 2. The highest BCUT2D eigenvalue weighted by atomic mass is 16.6. The van der Waals surface area contributed by atoms with Crippen molar-refractivity contribution in [2.24, 2.45) is 23.7 Å². The van der Waals surface area contributed by atoms with E-state index in [-0.39, 0.29) is 29.6 Å². The molecule has 8 atom stereocenters. The van der Waals surface area contributed by atoms with E-state index < -0.39 is 29.4 Å². The van der Waals surface area contributed by atoms with Crippen molar-refractivity contribution in [3.8, 4) is 0 Å². The Morgan fingerprint density at radius 3 is 2.67 bits per heavy atom. The molecule has 5 aliphatic rings. The highest BCUT2D eigenvalue weighted by Gasteiger charge is 2.81. The number of carbonyl (C=O) groups is 2. The zero-order valence-electron chi connectivity index (χ0n) is 12.1. The zero-order valence-corrected chi connectivity index (χ0v) is 12.1. The number of ether oxygens (including phenoxy) is 3. The maximum atomic E-state index is 12.2. The van der Waals surface area contributed by atoms with Gasteiger partial charge in [0, 0.05) is 11.8 Å². The normalized spacial score (nSPS) is 58.8. The van der Waals surface area contributed by atoms with Crippen LogP contribution in [0.5, 0.6) is 0 Å². The molecule has 5 nitrogen and oxygen atoms in total. The van der Waals surface area contributed by atoms with Gasteiger partial charge in [0.2, 0.25) is 0 Å². The minimum atomic E-state index is -0.598. The molecule has 4 bridgehead atoms. The van der Waals surface area contributed by atoms with Crippen molar-refractivity contribution in [3.63, 3.8) is 0 Å². The van der Waals surface area contributed by atoms with Gasteiger partial charge in [-0.2, -0.15) is 0 Å². The lowest BCUT2D eigenvalue weighted by Crippen LogP contribution is -2.56. The summed E-state index contributed by atoms with van der Waals surface area (Å²) >= 11 is 0. The van der Waals surface area contributed by atoms with Crippen LogP contribution in [0.2, 0.25) is 0 Å². The van der Waals surface area contributed by atoms with Gasteiger partial charge in [-0.3, -0.25) is 9.59 Å². The van der Waals surface area contributed by atoms with Gasteiger partial charge in [-0.15, -0.1) is 0 Å². The lowest BCUT2D eigenvalue weighted by Gasteiger charge is -2.43. The Balaban J connectivity index is 1.70. The maximum Gasteiger partial charge on any atom is 0.320 e. The van der Waals surface area contributed by atoms with Crippen molar-refractivity contribution in [1.29, 1.82) is 0 Å². The largest absolute Gasteiger partial charge is 0.393 e. The van der Waals surface area contributed by atoms with E-state index in [9.17, 15) is 9.59 Å². The molecular formula is C16H18O5. The van der Waals surface area contributed by atoms with Crippen LogP contribution in [0.3, 0.4) is 0 Å². The summed E-state index contributed by atoms with van der Waals surface area (Å²) in [5.74, 6) is -1.34. The summed E-state index contributed by atoms with van der Waals surface area (Å²) in [6.45, 7) is 4.15. The highest BCUT2D eigenvalue weighted by molar-refractivity contribution is 5.98. The topological polar surface area (TPSA) is 61.8 Å². The Labute approximate surface area is 122 Å². The third kappa shape index (κ3) is 1.06. The van der Waals surface area contributed by atoms with E-state index in [0.29, 0.717) is 6.42 Å². The first-order chi connectivity index (χ1) is 10.1. The van der Waals surface area contributed by atoms with E-state index in [1.807, 2.05) is 6.92 Å². The fraction of sp³-hybridized carbons (Fsp3) is 0.750. The molecule has 0 aromatic carbocycles. The van der Waals surface area contributed by atoms with Crippen LogP contribution >= 0.6 is 0 Å². The quantitative estimate of drug-likeness (QED) is 0.434. The number of esters is 2. The van der Waals surface area contributed by atoms with Crippen LogP contribution in [-0.2, 0) is 23.8 Å². The van der Waals surface area contributed by atoms with E-state index in [1.165, 1.54) is 0 Å².